The SMILES string of the molecule is O=C(CN1CCN(C(=O)c2ccco2)CC1)c1ccc2c(c1)OCCO2. The van der Waals surface area contributed by atoms with Gasteiger partial charge in [-0.25, -0.2) is 0 Å². The van der Waals surface area contributed by atoms with Crippen LogP contribution < -0.4 is 9.47 Å². The molecule has 0 atom stereocenters. The Hall–Kier alpha value is -2.80. The molecule has 1 saturated heterocycles. The Morgan fingerprint density at radius 1 is 0.962 bits per heavy atom. The van der Waals surface area contributed by atoms with Gasteiger partial charge in [0.1, 0.15) is 13.2 Å². The molecule has 0 spiro atoms. The minimum Gasteiger partial charge on any atom is -0.486 e. The standard InChI is InChI=1S/C19H20N2O5/c22-15(14-3-4-16-18(12-14)26-11-10-25-16)13-20-5-7-21(8-6-20)19(23)17-2-1-9-24-17/h1-4,9,12H,5-8,10-11,13H2. The molecule has 1 amide bonds. The van der Waals surface area contributed by atoms with Crippen molar-refractivity contribution in [3.8, 4) is 11.5 Å². The van der Waals surface area contributed by atoms with Gasteiger partial charge in [0.2, 0.25) is 0 Å². The number of ketones is 1. The molecule has 0 aliphatic carbocycles. The van der Waals surface area contributed by atoms with Crippen LogP contribution in [0.5, 0.6) is 11.5 Å². The minimum atomic E-state index is -0.104. The van der Waals surface area contributed by atoms with Crippen LogP contribution in [-0.2, 0) is 0 Å². The maximum Gasteiger partial charge on any atom is 0.289 e. The zero-order valence-corrected chi connectivity index (χ0v) is 14.3. The first-order chi connectivity index (χ1) is 12.7. The molecule has 1 fully saturated rings. The molecule has 4 rings (SSSR count). The van der Waals surface area contributed by atoms with E-state index in [0.717, 1.165) is 0 Å². The Morgan fingerprint density at radius 2 is 1.73 bits per heavy atom. The Labute approximate surface area is 151 Å². The maximum atomic E-state index is 12.6. The molecule has 2 aliphatic heterocycles. The van der Waals surface area contributed by atoms with Crippen molar-refractivity contribution in [3.05, 3.63) is 47.9 Å². The number of carbonyl (C=O) groups excluding carboxylic acids is 2. The third kappa shape index (κ3) is 3.43. The number of hydrogen-bond donors (Lipinski definition) is 0. The fourth-order valence-electron chi connectivity index (χ4n) is 3.18. The van der Waals surface area contributed by atoms with Gasteiger partial charge in [0.15, 0.2) is 23.0 Å². The van der Waals surface area contributed by atoms with E-state index in [1.54, 1.807) is 35.2 Å². The van der Waals surface area contributed by atoms with E-state index >= 15 is 0 Å². The quantitative estimate of drug-likeness (QED) is 0.777. The first-order valence-corrected chi connectivity index (χ1v) is 8.69. The average molecular weight is 356 g/mol. The summed E-state index contributed by atoms with van der Waals surface area (Å²) in [6.07, 6.45) is 1.50. The van der Waals surface area contributed by atoms with Crippen molar-refractivity contribution in [1.29, 1.82) is 0 Å². The number of ether oxygens (including phenoxy) is 2. The van der Waals surface area contributed by atoms with E-state index in [2.05, 4.69) is 4.90 Å². The molecule has 0 N–H and O–H groups in total. The topological polar surface area (TPSA) is 72.2 Å². The first-order valence-electron chi connectivity index (χ1n) is 8.69. The summed E-state index contributed by atoms with van der Waals surface area (Å²) in [4.78, 5) is 28.7. The molecule has 0 radical (unpaired) electrons. The molecule has 3 heterocycles. The number of fused-ring (bicyclic) bond motifs is 1. The van der Waals surface area contributed by atoms with Gasteiger partial charge in [-0.2, -0.15) is 0 Å². The van der Waals surface area contributed by atoms with Crippen molar-refractivity contribution in [2.45, 2.75) is 0 Å². The van der Waals surface area contributed by atoms with E-state index < -0.39 is 0 Å². The zero-order valence-electron chi connectivity index (χ0n) is 14.3. The third-order valence-corrected chi connectivity index (χ3v) is 4.62. The molecule has 2 aromatic rings. The summed E-state index contributed by atoms with van der Waals surface area (Å²) >= 11 is 0. The highest BCUT2D eigenvalue weighted by Crippen LogP contribution is 2.30. The first kappa shape index (κ1) is 16.7. The number of piperazine rings is 1. The molecular formula is C19H20N2O5. The number of rotatable bonds is 4. The number of benzene rings is 1. The lowest BCUT2D eigenvalue weighted by atomic mass is 10.1. The number of furan rings is 1. The lowest BCUT2D eigenvalue weighted by Crippen LogP contribution is -2.49. The molecule has 7 heteroatoms. The highest BCUT2D eigenvalue weighted by molar-refractivity contribution is 5.98. The molecule has 0 bridgehead atoms. The molecule has 2 aliphatic rings. The van der Waals surface area contributed by atoms with E-state index in [1.165, 1.54) is 6.26 Å². The second-order valence-corrected chi connectivity index (χ2v) is 6.33. The van der Waals surface area contributed by atoms with Crippen LogP contribution in [0.3, 0.4) is 0 Å². The normalized spacial score (nSPS) is 17.2. The third-order valence-electron chi connectivity index (χ3n) is 4.62. The molecule has 136 valence electrons. The summed E-state index contributed by atoms with van der Waals surface area (Å²) in [7, 11) is 0. The fraction of sp³-hybridized carbons (Fsp3) is 0.368. The van der Waals surface area contributed by atoms with Gasteiger partial charge in [0, 0.05) is 31.7 Å². The Morgan fingerprint density at radius 3 is 2.46 bits per heavy atom. The van der Waals surface area contributed by atoms with E-state index in [-0.39, 0.29) is 11.7 Å². The van der Waals surface area contributed by atoms with Gasteiger partial charge in [0.05, 0.1) is 12.8 Å². The van der Waals surface area contributed by atoms with Crippen LogP contribution in [0.25, 0.3) is 0 Å². The van der Waals surface area contributed by atoms with Crippen molar-refractivity contribution >= 4 is 11.7 Å². The largest absolute Gasteiger partial charge is 0.486 e. The number of Topliss-reactive ketones (excluding diaryl/α,β-unsaturated/α-hetero) is 1. The molecule has 0 unspecified atom stereocenters. The van der Waals surface area contributed by atoms with Crippen LogP contribution in [0.4, 0.5) is 0 Å². The number of nitrogens with zero attached hydrogens (tertiary/aromatic N) is 2. The summed E-state index contributed by atoms with van der Waals surface area (Å²) in [6.45, 7) is 3.81. The summed E-state index contributed by atoms with van der Waals surface area (Å²) < 4.78 is 16.2. The molecule has 26 heavy (non-hydrogen) atoms. The van der Waals surface area contributed by atoms with Crippen molar-refractivity contribution in [3.63, 3.8) is 0 Å². The van der Waals surface area contributed by atoms with Gasteiger partial charge < -0.3 is 18.8 Å². The minimum absolute atomic E-state index is 0.0350. The molecular weight excluding hydrogens is 336 g/mol. The highest BCUT2D eigenvalue weighted by Gasteiger charge is 2.25. The zero-order chi connectivity index (χ0) is 17.9. The van der Waals surface area contributed by atoms with Crippen molar-refractivity contribution in [2.75, 3.05) is 45.9 Å². The summed E-state index contributed by atoms with van der Waals surface area (Å²) in [5.41, 5.74) is 0.614. The number of carbonyl (C=O) groups is 2. The number of amides is 1. The van der Waals surface area contributed by atoms with E-state index in [0.29, 0.717) is 68.8 Å². The lowest BCUT2D eigenvalue weighted by molar-refractivity contribution is 0.0596. The fourth-order valence-corrected chi connectivity index (χ4v) is 3.18. The van der Waals surface area contributed by atoms with Crippen molar-refractivity contribution < 1.29 is 23.5 Å². The lowest BCUT2D eigenvalue weighted by Gasteiger charge is -2.33. The second kappa shape index (κ2) is 7.21. The van der Waals surface area contributed by atoms with E-state index in [4.69, 9.17) is 13.9 Å². The van der Waals surface area contributed by atoms with Gasteiger partial charge in [-0.05, 0) is 30.3 Å². The average Bonchev–Trinajstić information content (AvgIpc) is 3.22. The van der Waals surface area contributed by atoms with Crippen LogP contribution in [0.2, 0.25) is 0 Å². The summed E-state index contributed by atoms with van der Waals surface area (Å²) in [5.74, 6) is 1.58. The predicted molar refractivity (Wildman–Crippen MR) is 92.8 cm³/mol. The van der Waals surface area contributed by atoms with E-state index in [1.807, 2.05) is 0 Å². The maximum absolute atomic E-state index is 12.6. The molecule has 7 nitrogen and oxygen atoms in total. The van der Waals surface area contributed by atoms with Gasteiger partial charge in [-0.15, -0.1) is 0 Å². The number of hydrogen-bond acceptors (Lipinski definition) is 6. The summed E-state index contributed by atoms with van der Waals surface area (Å²) in [6, 6.07) is 8.66. The smallest absolute Gasteiger partial charge is 0.289 e. The van der Waals surface area contributed by atoms with Crippen LogP contribution in [-0.4, -0.2) is 67.4 Å². The van der Waals surface area contributed by atoms with Crippen LogP contribution in [0, 0.1) is 0 Å². The van der Waals surface area contributed by atoms with Crippen molar-refractivity contribution in [2.24, 2.45) is 0 Å². The van der Waals surface area contributed by atoms with Crippen molar-refractivity contribution in [1.82, 2.24) is 9.80 Å². The van der Waals surface area contributed by atoms with Gasteiger partial charge in [-0.3, -0.25) is 14.5 Å². The van der Waals surface area contributed by atoms with Crippen LogP contribution in [0.15, 0.2) is 41.0 Å². The Balaban J connectivity index is 1.33. The highest BCUT2D eigenvalue weighted by atomic mass is 16.6. The van der Waals surface area contributed by atoms with Gasteiger partial charge >= 0.3 is 0 Å². The van der Waals surface area contributed by atoms with Gasteiger partial charge in [0.25, 0.3) is 5.91 Å². The monoisotopic (exact) mass is 356 g/mol. The summed E-state index contributed by atoms with van der Waals surface area (Å²) in [5, 5.41) is 0. The van der Waals surface area contributed by atoms with Gasteiger partial charge in [-0.1, -0.05) is 0 Å². The second-order valence-electron chi connectivity index (χ2n) is 6.33. The molecule has 1 aromatic carbocycles. The predicted octanol–water partition coefficient (Wildman–Crippen LogP) is 1.69. The van der Waals surface area contributed by atoms with Crippen LogP contribution in [0.1, 0.15) is 20.9 Å². The van der Waals surface area contributed by atoms with Crippen LogP contribution >= 0.6 is 0 Å². The Bertz CT molecular complexity index is 794. The molecule has 0 saturated carbocycles. The Kier molecular flexibility index (Phi) is 4.62. The van der Waals surface area contributed by atoms with E-state index in [9.17, 15) is 9.59 Å². The molecule has 1 aromatic heterocycles.